The average Bonchev–Trinajstić information content (AvgIpc) is 3.00. The molecule has 7 heteroatoms. The van der Waals surface area contributed by atoms with Gasteiger partial charge in [0, 0.05) is 18.4 Å². The maximum absolute atomic E-state index is 12.2. The Bertz CT molecular complexity index is 446. The van der Waals surface area contributed by atoms with Gasteiger partial charge in [0.1, 0.15) is 5.92 Å². The van der Waals surface area contributed by atoms with Crippen molar-refractivity contribution in [2.75, 3.05) is 19.8 Å². The molecule has 104 valence electrons. The van der Waals surface area contributed by atoms with E-state index in [1.165, 1.54) is 0 Å². The lowest BCUT2D eigenvalue weighted by molar-refractivity contribution is -0.144. The van der Waals surface area contributed by atoms with Gasteiger partial charge in [0.05, 0.1) is 25.7 Å². The zero-order valence-corrected chi connectivity index (χ0v) is 10.7. The Morgan fingerprint density at radius 2 is 2.37 bits per heavy atom. The van der Waals surface area contributed by atoms with E-state index in [0.717, 1.165) is 0 Å². The summed E-state index contributed by atoms with van der Waals surface area (Å²) in [5.74, 6) is -1.69. The topological polar surface area (TPSA) is 95.5 Å². The minimum atomic E-state index is -0.921. The molecule has 2 N–H and O–H groups in total. The van der Waals surface area contributed by atoms with Gasteiger partial charge in [0.15, 0.2) is 0 Å². The molecule has 0 radical (unpaired) electrons. The number of nitrogens with one attached hydrogen (secondary N) is 1. The van der Waals surface area contributed by atoms with Gasteiger partial charge in [-0.3, -0.25) is 14.7 Å². The number of amides is 1. The molecule has 19 heavy (non-hydrogen) atoms. The highest BCUT2D eigenvalue weighted by Crippen LogP contribution is 2.20. The number of rotatable bonds is 5. The normalized spacial score (nSPS) is 22.4. The first-order chi connectivity index (χ1) is 9.13. The minimum absolute atomic E-state index is 0.117. The Labute approximate surface area is 110 Å². The first-order valence-corrected chi connectivity index (χ1v) is 6.21. The Morgan fingerprint density at radius 1 is 1.58 bits per heavy atom. The number of hydrogen-bond donors (Lipinski definition) is 2. The Hall–Kier alpha value is -1.89. The van der Waals surface area contributed by atoms with Crippen LogP contribution in [0.25, 0.3) is 0 Å². The lowest BCUT2D eigenvalue weighted by Crippen LogP contribution is -2.47. The summed E-state index contributed by atoms with van der Waals surface area (Å²) >= 11 is 0. The van der Waals surface area contributed by atoms with Crippen LogP contribution in [0.2, 0.25) is 0 Å². The van der Waals surface area contributed by atoms with E-state index in [0.29, 0.717) is 12.2 Å². The van der Waals surface area contributed by atoms with Crippen molar-refractivity contribution in [3.05, 3.63) is 18.0 Å². The highest BCUT2D eigenvalue weighted by atomic mass is 16.5. The fourth-order valence-corrected chi connectivity index (χ4v) is 2.33. The van der Waals surface area contributed by atoms with Crippen LogP contribution in [-0.4, -0.2) is 57.9 Å². The van der Waals surface area contributed by atoms with Crippen molar-refractivity contribution >= 4 is 11.9 Å². The molecule has 1 fully saturated rings. The third kappa shape index (κ3) is 2.93. The molecule has 1 aliphatic heterocycles. The second-order valence-electron chi connectivity index (χ2n) is 4.49. The van der Waals surface area contributed by atoms with Gasteiger partial charge in [0.25, 0.3) is 0 Å². The lowest BCUT2D eigenvalue weighted by Gasteiger charge is -2.29. The maximum atomic E-state index is 12.2. The second-order valence-corrected chi connectivity index (χ2v) is 4.49. The molecule has 0 aliphatic carbocycles. The van der Waals surface area contributed by atoms with Crippen LogP contribution in [0.3, 0.4) is 0 Å². The van der Waals surface area contributed by atoms with Crippen LogP contribution in [-0.2, 0) is 20.7 Å². The second kappa shape index (κ2) is 5.83. The smallest absolute Gasteiger partial charge is 0.311 e. The van der Waals surface area contributed by atoms with Crippen LogP contribution in [0.1, 0.15) is 12.6 Å². The van der Waals surface area contributed by atoms with Gasteiger partial charge in [-0.25, -0.2) is 0 Å². The SMILES string of the molecule is CCN(C(=O)Cc1ccn[nH]1)C1COCC1C(=O)O. The highest BCUT2D eigenvalue weighted by Gasteiger charge is 2.39. The first kappa shape index (κ1) is 13.5. The summed E-state index contributed by atoms with van der Waals surface area (Å²) in [6, 6.07) is 1.34. The van der Waals surface area contributed by atoms with E-state index in [-0.39, 0.29) is 25.5 Å². The molecule has 2 atom stereocenters. The summed E-state index contributed by atoms with van der Waals surface area (Å²) in [5.41, 5.74) is 0.717. The van der Waals surface area contributed by atoms with Crippen LogP contribution < -0.4 is 0 Å². The molecule has 1 aliphatic rings. The van der Waals surface area contributed by atoms with Gasteiger partial charge < -0.3 is 14.7 Å². The molecule has 7 nitrogen and oxygen atoms in total. The Morgan fingerprint density at radius 3 is 2.95 bits per heavy atom. The highest BCUT2D eigenvalue weighted by molar-refractivity contribution is 5.80. The van der Waals surface area contributed by atoms with E-state index in [1.807, 2.05) is 6.92 Å². The zero-order chi connectivity index (χ0) is 13.8. The molecular weight excluding hydrogens is 250 g/mol. The minimum Gasteiger partial charge on any atom is -0.481 e. The number of hydrogen-bond acceptors (Lipinski definition) is 4. The number of likely N-dealkylation sites (N-methyl/N-ethyl adjacent to an activating group) is 1. The van der Waals surface area contributed by atoms with Gasteiger partial charge in [-0.2, -0.15) is 5.10 Å². The molecule has 1 saturated heterocycles. The third-order valence-corrected chi connectivity index (χ3v) is 3.33. The maximum Gasteiger partial charge on any atom is 0.311 e. The fraction of sp³-hybridized carbons (Fsp3) is 0.583. The van der Waals surface area contributed by atoms with Crippen molar-refractivity contribution in [1.29, 1.82) is 0 Å². The van der Waals surface area contributed by atoms with E-state index >= 15 is 0 Å². The van der Waals surface area contributed by atoms with E-state index < -0.39 is 17.9 Å². The molecule has 0 spiro atoms. The van der Waals surface area contributed by atoms with Crippen molar-refractivity contribution in [3.8, 4) is 0 Å². The van der Waals surface area contributed by atoms with Crippen LogP contribution >= 0.6 is 0 Å². The van der Waals surface area contributed by atoms with Crippen LogP contribution in [0.15, 0.2) is 12.3 Å². The predicted molar refractivity (Wildman–Crippen MR) is 65.4 cm³/mol. The van der Waals surface area contributed by atoms with Crippen LogP contribution in [0.5, 0.6) is 0 Å². The summed E-state index contributed by atoms with van der Waals surface area (Å²) in [6.07, 6.45) is 1.77. The number of ether oxygens (including phenoxy) is 1. The molecule has 1 aromatic rings. The number of aromatic nitrogens is 2. The monoisotopic (exact) mass is 267 g/mol. The van der Waals surface area contributed by atoms with Gasteiger partial charge >= 0.3 is 5.97 Å². The molecule has 0 aromatic carbocycles. The molecule has 1 amide bonds. The summed E-state index contributed by atoms with van der Waals surface area (Å²) in [4.78, 5) is 24.9. The summed E-state index contributed by atoms with van der Waals surface area (Å²) in [6.45, 7) is 2.74. The van der Waals surface area contributed by atoms with Crippen molar-refractivity contribution < 1.29 is 19.4 Å². The quantitative estimate of drug-likeness (QED) is 0.776. The molecule has 0 bridgehead atoms. The van der Waals surface area contributed by atoms with Gasteiger partial charge in [-0.05, 0) is 13.0 Å². The molecule has 1 aromatic heterocycles. The first-order valence-electron chi connectivity index (χ1n) is 6.21. The van der Waals surface area contributed by atoms with Gasteiger partial charge in [-0.15, -0.1) is 0 Å². The lowest BCUT2D eigenvalue weighted by atomic mass is 10.0. The van der Waals surface area contributed by atoms with Crippen molar-refractivity contribution in [2.45, 2.75) is 19.4 Å². The van der Waals surface area contributed by atoms with Crippen molar-refractivity contribution in [3.63, 3.8) is 0 Å². The number of carboxylic acid groups (broad SMARTS) is 1. The number of H-pyrrole nitrogens is 1. The van der Waals surface area contributed by atoms with Crippen LogP contribution in [0, 0.1) is 5.92 Å². The van der Waals surface area contributed by atoms with E-state index in [4.69, 9.17) is 9.84 Å². The number of carbonyl (C=O) groups excluding carboxylic acids is 1. The van der Waals surface area contributed by atoms with Crippen molar-refractivity contribution in [2.24, 2.45) is 5.92 Å². The molecule has 2 unspecified atom stereocenters. The Balaban J connectivity index is 2.06. The van der Waals surface area contributed by atoms with Crippen LogP contribution in [0.4, 0.5) is 0 Å². The van der Waals surface area contributed by atoms with Gasteiger partial charge in [-0.1, -0.05) is 0 Å². The number of aromatic amines is 1. The third-order valence-electron chi connectivity index (χ3n) is 3.33. The Kier molecular flexibility index (Phi) is 4.16. The zero-order valence-electron chi connectivity index (χ0n) is 10.7. The fourth-order valence-electron chi connectivity index (χ4n) is 2.33. The largest absolute Gasteiger partial charge is 0.481 e. The molecular formula is C12H17N3O4. The van der Waals surface area contributed by atoms with E-state index in [2.05, 4.69) is 10.2 Å². The molecule has 2 rings (SSSR count). The van der Waals surface area contributed by atoms with E-state index in [1.54, 1.807) is 17.2 Å². The van der Waals surface area contributed by atoms with Gasteiger partial charge in [0.2, 0.25) is 5.91 Å². The molecule has 2 heterocycles. The number of carboxylic acids is 1. The predicted octanol–water partition coefficient (Wildman–Crippen LogP) is -0.0997. The van der Waals surface area contributed by atoms with Crippen molar-refractivity contribution in [1.82, 2.24) is 15.1 Å². The summed E-state index contributed by atoms with van der Waals surface area (Å²) < 4.78 is 5.20. The number of nitrogens with zero attached hydrogens (tertiary/aromatic N) is 2. The summed E-state index contributed by atoms with van der Waals surface area (Å²) in [5, 5.41) is 15.6. The van der Waals surface area contributed by atoms with E-state index in [9.17, 15) is 9.59 Å². The summed E-state index contributed by atoms with van der Waals surface area (Å²) in [7, 11) is 0. The molecule has 0 saturated carbocycles. The number of carbonyl (C=O) groups is 2. The number of aliphatic carboxylic acids is 1. The average molecular weight is 267 g/mol. The standard InChI is InChI=1S/C12H17N3O4/c1-2-15(10-7-19-6-9(10)12(17)18)11(16)5-8-3-4-13-14-8/h3-4,9-10H,2,5-7H2,1H3,(H,13,14)(H,17,18).